The van der Waals surface area contributed by atoms with Crippen molar-refractivity contribution < 1.29 is 15.0 Å². The van der Waals surface area contributed by atoms with Crippen molar-refractivity contribution in [3.8, 4) is 11.5 Å². The molecular weight excluding hydrogens is 401 g/mol. The average Bonchev–Trinajstić information content (AvgIpc) is 2.58. The SMILES string of the molecule is CC(=O)N1Sc2ccc(O)c(Cl)c2CCCc2c(ccc(O)c2Cl)S1. The first kappa shape index (κ1) is 18.6. The highest BCUT2D eigenvalue weighted by atomic mass is 35.5. The fraction of sp³-hybridized carbons (Fsp3) is 0.235. The molecule has 0 aliphatic carbocycles. The summed E-state index contributed by atoms with van der Waals surface area (Å²) >= 11 is 15.1. The predicted octanol–water partition coefficient (Wildman–Crippen LogP) is 5.46. The van der Waals surface area contributed by atoms with Gasteiger partial charge in [-0.25, -0.2) is 3.71 Å². The van der Waals surface area contributed by atoms with Crippen LogP contribution in [-0.4, -0.2) is 19.8 Å². The molecule has 0 atom stereocenters. The second-order valence-corrected chi connectivity index (χ2v) is 8.53. The molecular formula is C17H15Cl2NO3S2. The van der Waals surface area contributed by atoms with Crippen molar-refractivity contribution in [1.82, 2.24) is 3.71 Å². The lowest BCUT2D eigenvalue weighted by Crippen LogP contribution is -2.14. The van der Waals surface area contributed by atoms with Crippen molar-refractivity contribution in [3.63, 3.8) is 0 Å². The molecule has 1 aliphatic rings. The molecule has 3 rings (SSSR count). The van der Waals surface area contributed by atoms with Crippen LogP contribution >= 0.6 is 47.1 Å². The number of phenolic OH excluding ortho intramolecular Hbond substituents is 2. The molecule has 0 saturated heterocycles. The highest BCUT2D eigenvalue weighted by Gasteiger charge is 2.23. The maximum Gasteiger partial charge on any atom is 0.240 e. The molecule has 0 saturated carbocycles. The standard InChI is InChI=1S/C17H15Cl2NO3S2/c1-9(21)20-24-14-7-5-12(22)16(18)10(14)3-2-4-11-15(25-20)8-6-13(23)17(11)19/h5-8,22-23H,2-4H2,1H3. The second-order valence-electron chi connectivity index (χ2n) is 5.56. The number of fused-ring (bicyclic) bond motifs is 2. The van der Waals surface area contributed by atoms with E-state index in [1.165, 1.54) is 43.0 Å². The number of carbonyl (C=O) groups is 1. The molecule has 1 heterocycles. The molecule has 132 valence electrons. The van der Waals surface area contributed by atoms with Crippen molar-refractivity contribution in [1.29, 1.82) is 0 Å². The second kappa shape index (κ2) is 7.58. The molecule has 1 amide bonds. The van der Waals surface area contributed by atoms with Crippen LogP contribution in [-0.2, 0) is 17.6 Å². The van der Waals surface area contributed by atoms with E-state index in [9.17, 15) is 15.0 Å². The van der Waals surface area contributed by atoms with Crippen molar-refractivity contribution in [3.05, 3.63) is 45.4 Å². The van der Waals surface area contributed by atoms with Crippen molar-refractivity contribution >= 4 is 53.0 Å². The third-order valence-electron chi connectivity index (χ3n) is 3.83. The Hall–Kier alpha value is -1.21. The smallest absolute Gasteiger partial charge is 0.240 e. The van der Waals surface area contributed by atoms with Gasteiger partial charge in [0.2, 0.25) is 5.91 Å². The van der Waals surface area contributed by atoms with E-state index in [1.54, 1.807) is 15.8 Å². The maximum atomic E-state index is 12.1. The minimum absolute atomic E-state index is 0.0242. The van der Waals surface area contributed by atoms with Crippen LogP contribution < -0.4 is 0 Å². The summed E-state index contributed by atoms with van der Waals surface area (Å²) in [6.45, 7) is 1.48. The number of carbonyl (C=O) groups excluding carboxylic acids is 1. The lowest BCUT2D eigenvalue weighted by molar-refractivity contribution is -0.120. The van der Waals surface area contributed by atoms with Gasteiger partial charge in [0.15, 0.2) is 0 Å². The Labute approximate surface area is 164 Å². The van der Waals surface area contributed by atoms with Crippen LogP contribution in [0.1, 0.15) is 24.5 Å². The Morgan fingerprint density at radius 3 is 1.80 bits per heavy atom. The van der Waals surface area contributed by atoms with Gasteiger partial charge in [-0.2, -0.15) is 0 Å². The van der Waals surface area contributed by atoms with Gasteiger partial charge in [-0.05, 0) is 54.7 Å². The third kappa shape index (κ3) is 3.82. The molecule has 0 unspecified atom stereocenters. The van der Waals surface area contributed by atoms with Gasteiger partial charge in [-0.1, -0.05) is 23.2 Å². The number of rotatable bonds is 0. The first-order valence-electron chi connectivity index (χ1n) is 7.55. The highest BCUT2D eigenvalue weighted by molar-refractivity contribution is 8.12. The van der Waals surface area contributed by atoms with E-state index in [1.807, 2.05) is 0 Å². The summed E-state index contributed by atoms with van der Waals surface area (Å²) in [4.78, 5) is 13.8. The van der Waals surface area contributed by atoms with E-state index in [0.29, 0.717) is 22.9 Å². The largest absolute Gasteiger partial charge is 0.506 e. The topological polar surface area (TPSA) is 60.8 Å². The molecule has 25 heavy (non-hydrogen) atoms. The van der Waals surface area contributed by atoms with Crippen LogP contribution in [0.15, 0.2) is 34.1 Å². The summed E-state index contributed by atoms with van der Waals surface area (Å²) in [6, 6.07) is 6.60. The number of benzene rings is 2. The maximum absolute atomic E-state index is 12.1. The Bertz CT molecular complexity index is 784. The molecule has 0 aromatic heterocycles. The first-order valence-corrected chi connectivity index (χ1v) is 9.86. The molecule has 0 fully saturated rings. The van der Waals surface area contributed by atoms with Crippen LogP contribution in [0.25, 0.3) is 0 Å². The number of hydrogen-bond donors (Lipinski definition) is 2. The van der Waals surface area contributed by atoms with Crippen LogP contribution in [0.4, 0.5) is 0 Å². The fourth-order valence-electron chi connectivity index (χ4n) is 2.59. The summed E-state index contributed by atoms with van der Waals surface area (Å²) in [7, 11) is 0. The Morgan fingerprint density at radius 2 is 1.40 bits per heavy atom. The minimum Gasteiger partial charge on any atom is -0.506 e. The summed E-state index contributed by atoms with van der Waals surface area (Å²) in [5, 5.41) is 20.4. The molecule has 0 radical (unpaired) electrons. The Kier molecular flexibility index (Phi) is 5.63. The number of phenols is 2. The lowest BCUT2D eigenvalue weighted by Gasteiger charge is -2.24. The normalized spacial score (nSPS) is 14.6. The van der Waals surface area contributed by atoms with Gasteiger partial charge in [0, 0.05) is 40.6 Å². The quantitative estimate of drug-likeness (QED) is 0.559. The van der Waals surface area contributed by atoms with Crippen LogP contribution in [0.5, 0.6) is 11.5 Å². The number of halogens is 2. The summed E-state index contributed by atoms with van der Waals surface area (Å²) in [6.07, 6.45) is 1.99. The number of aromatic hydroxyl groups is 2. The van der Waals surface area contributed by atoms with Gasteiger partial charge >= 0.3 is 0 Å². The minimum atomic E-state index is -0.138. The summed E-state index contributed by atoms with van der Waals surface area (Å²) in [5.41, 5.74) is 1.61. The molecule has 2 aromatic rings. The van der Waals surface area contributed by atoms with E-state index in [0.717, 1.165) is 27.3 Å². The molecule has 0 bridgehead atoms. The van der Waals surface area contributed by atoms with E-state index in [-0.39, 0.29) is 17.4 Å². The average molecular weight is 416 g/mol. The zero-order chi connectivity index (χ0) is 18.1. The van der Waals surface area contributed by atoms with Crippen LogP contribution in [0.3, 0.4) is 0 Å². The first-order chi connectivity index (χ1) is 11.9. The molecule has 8 heteroatoms. The van der Waals surface area contributed by atoms with Gasteiger partial charge < -0.3 is 10.2 Å². The van der Waals surface area contributed by atoms with Gasteiger partial charge in [0.1, 0.15) is 11.5 Å². The molecule has 0 spiro atoms. The number of amides is 1. The molecule has 2 N–H and O–H groups in total. The zero-order valence-electron chi connectivity index (χ0n) is 13.3. The molecule has 4 nitrogen and oxygen atoms in total. The van der Waals surface area contributed by atoms with Gasteiger partial charge in [0.25, 0.3) is 0 Å². The van der Waals surface area contributed by atoms with E-state index in [2.05, 4.69) is 0 Å². The lowest BCUT2D eigenvalue weighted by atomic mass is 10.0. The van der Waals surface area contributed by atoms with Crippen molar-refractivity contribution in [2.75, 3.05) is 0 Å². The monoisotopic (exact) mass is 415 g/mol. The predicted molar refractivity (Wildman–Crippen MR) is 102 cm³/mol. The van der Waals surface area contributed by atoms with Crippen molar-refractivity contribution in [2.24, 2.45) is 0 Å². The van der Waals surface area contributed by atoms with E-state index in [4.69, 9.17) is 23.2 Å². The van der Waals surface area contributed by atoms with Crippen LogP contribution in [0, 0.1) is 0 Å². The fourth-order valence-corrected chi connectivity index (χ4v) is 5.35. The summed E-state index contributed by atoms with van der Waals surface area (Å²) < 4.78 is 1.55. The van der Waals surface area contributed by atoms with Crippen LogP contribution in [0.2, 0.25) is 10.0 Å². The zero-order valence-corrected chi connectivity index (χ0v) is 16.4. The molecule has 2 aromatic carbocycles. The van der Waals surface area contributed by atoms with Crippen molar-refractivity contribution in [2.45, 2.75) is 36.0 Å². The van der Waals surface area contributed by atoms with E-state index < -0.39 is 0 Å². The number of hydrogen-bond acceptors (Lipinski definition) is 5. The summed E-state index contributed by atoms with van der Waals surface area (Å²) in [5.74, 6) is -0.0896. The molecule has 1 aliphatic heterocycles. The van der Waals surface area contributed by atoms with E-state index >= 15 is 0 Å². The highest BCUT2D eigenvalue weighted by Crippen LogP contribution is 2.44. The Balaban J connectivity index is 2.07. The van der Waals surface area contributed by atoms with Gasteiger partial charge in [-0.15, -0.1) is 0 Å². The third-order valence-corrected chi connectivity index (χ3v) is 7.13. The van der Waals surface area contributed by atoms with Gasteiger partial charge in [-0.3, -0.25) is 4.79 Å². The Morgan fingerprint density at radius 1 is 0.960 bits per heavy atom. The number of nitrogens with zero attached hydrogens (tertiary/aromatic N) is 1. The van der Waals surface area contributed by atoms with Gasteiger partial charge in [0.05, 0.1) is 10.0 Å².